The van der Waals surface area contributed by atoms with Gasteiger partial charge in [0.1, 0.15) is 0 Å². The molecule has 0 aliphatic carbocycles. The number of hydrazine groups is 1. The summed E-state index contributed by atoms with van der Waals surface area (Å²) in [4.78, 5) is 0. The zero-order valence-corrected chi connectivity index (χ0v) is 14.8. The van der Waals surface area contributed by atoms with Gasteiger partial charge in [-0.25, -0.2) is 0 Å². The van der Waals surface area contributed by atoms with Gasteiger partial charge < -0.3 is 0 Å². The maximum absolute atomic E-state index is 5.71. The van der Waals surface area contributed by atoms with Crippen molar-refractivity contribution in [3.63, 3.8) is 0 Å². The van der Waals surface area contributed by atoms with Crippen LogP contribution in [0.15, 0.2) is 19.7 Å². The van der Waals surface area contributed by atoms with E-state index in [0.717, 1.165) is 26.1 Å². The molecule has 2 aromatic heterocycles. The third-order valence-electron chi connectivity index (χ3n) is 3.06. The van der Waals surface area contributed by atoms with Gasteiger partial charge >= 0.3 is 0 Å². The lowest BCUT2D eigenvalue weighted by molar-refractivity contribution is 0.529. The molecule has 19 heavy (non-hydrogen) atoms. The van der Waals surface area contributed by atoms with Crippen LogP contribution in [0.1, 0.15) is 29.9 Å². The molecular weight excluding hydrogens is 392 g/mol. The third-order valence-corrected chi connectivity index (χ3v) is 5.45. The molecule has 7 heteroatoms. The summed E-state index contributed by atoms with van der Waals surface area (Å²) in [6.07, 6.45) is 1.75. The minimum absolute atomic E-state index is 0.0667. The molecule has 0 radical (unpaired) electrons. The Hall–Kier alpha value is -0.210. The maximum Gasteiger partial charge on any atom is 0.0758 e. The van der Waals surface area contributed by atoms with Crippen molar-refractivity contribution in [2.45, 2.75) is 25.8 Å². The van der Waals surface area contributed by atoms with Gasteiger partial charge in [-0.3, -0.25) is 16.0 Å². The molecule has 0 saturated heterocycles. The molecule has 0 aliphatic heterocycles. The first kappa shape index (κ1) is 15.2. The highest BCUT2D eigenvalue weighted by Crippen LogP contribution is 2.36. The summed E-state index contributed by atoms with van der Waals surface area (Å²) in [6, 6.07) is 4.30. The molecule has 1 unspecified atom stereocenters. The third kappa shape index (κ3) is 3.46. The fourth-order valence-corrected chi connectivity index (χ4v) is 4.97. The number of aryl methyl sites for hydroxylation is 2. The quantitative estimate of drug-likeness (QED) is 0.590. The van der Waals surface area contributed by atoms with Gasteiger partial charge in [0.05, 0.1) is 19.3 Å². The number of hydrogen-bond acceptors (Lipinski definition) is 4. The summed E-state index contributed by atoms with van der Waals surface area (Å²) in [5.41, 5.74) is 6.34. The number of rotatable bonds is 5. The van der Waals surface area contributed by atoms with Crippen molar-refractivity contribution in [3.05, 3.63) is 36.7 Å². The van der Waals surface area contributed by atoms with E-state index >= 15 is 0 Å². The molecule has 0 amide bonds. The second-order valence-electron chi connectivity index (χ2n) is 4.31. The van der Waals surface area contributed by atoms with E-state index in [4.69, 9.17) is 5.84 Å². The lowest BCUT2D eigenvalue weighted by atomic mass is 10.1. The van der Waals surface area contributed by atoms with E-state index in [1.54, 1.807) is 11.3 Å². The van der Waals surface area contributed by atoms with Crippen molar-refractivity contribution in [3.8, 4) is 0 Å². The number of nitrogens with one attached hydrogen (secondary N) is 1. The van der Waals surface area contributed by atoms with E-state index in [9.17, 15) is 0 Å². The SMILES string of the molecule is CCc1cc(CC(NN)c2cc(Br)sc2Br)n(C)n1. The lowest BCUT2D eigenvalue weighted by Gasteiger charge is -2.15. The number of thiophene rings is 1. The summed E-state index contributed by atoms with van der Waals surface area (Å²) in [5.74, 6) is 5.71. The Labute approximate surface area is 133 Å². The van der Waals surface area contributed by atoms with Gasteiger partial charge in [-0.05, 0) is 56.0 Å². The van der Waals surface area contributed by atoms with Crippen molar-refractivity contribution in [2.75, 3.05) is 0 Å². The number of halogens is 2. The molecule has 4 nitrogen and oxygen atoms in total. The summed E-state index contributed by atoms with van der Waals surface area (Å²) in [6.45, 7) is 2.11. The van der Waals surface area contributed by atoms with E-state index in [1.165, 1.54) is 11.3 Å². The van der Waals surface area contributed by atoms with Crippen molar-refractivity contribution < 1.29 is 0 Å². The Morgan fingerprint density at radius 1 is 1.47 bits per heavy atom. The zero-order chi connectivity index (χ0) is 14.0. The van der Waals surface area contributed by atoms with Gasteiger partial charge in [-0.1, -0.05) is 6.92 Å². The topological polar surface area (TPSA) is 55.9 Å². The Bertz CT molecular complexity index is 564. The van der Waals surface area contributed by atoms with Gasteiger partial charge in [0, 0.05) is 19.2 Å². The molecule has 0 saturated carbocycles. The van der Waals surface area contributed by atoms with Gasteiger partial charge in [0.15, 0.2) is 0 Å². The molecule has 104 valence electrons. The highest BCUT2D eigenvalue weighted by molar-refractivity contribution is 9.12. The fraction of sp³-hybridized carbons (Fsp3) is 0.417. The van der Waals surface area contributed by atoms with Crippen LogP contribution in [0.3, 0.4) is 0 Å². The average Bonchev–Trinajstić information content (AvgIpc) is 2.89. The summed E-state index contributed by atoms with van der Waals surface area (Å²) >= 11 is 8.73. The van der Waals surface area contributed by atoms with E-state index in [2.05, 4.69) is 61.4 Å². The van der Waals surface area contributed by atoms with Crippen LogP contribution < -0.4 is 11.3 Å². The zero-order valence-electron chi connectivity index (χ0n) is 10.8. The fourth-order valence-electron chi connectivity index (χ4n) is 1.99. The van der Waals surface area contributed by atoms with Gasteiger partial charge in [0.2, 0.25) is 0 Å². The lowest BCUT2D eigenvalue weighted by Crippen LogP contribution is -2.30. The van der Waals surface area contributed by atoms with Gasteiger partial charge in [0.25, 0.3) is 0 Å². The molecule has 0 spiro atoms. The van der Waals surface area contributed by atoms with Crippen LogP contribution in [0.4, 0.5) is 0 Å². The van der Waals surface area contributed by atoms with Crippen LogP contribution in [0.5, 0.6) is 0 Å². The van der Waals surface area contributed by atoms with Crippen molar-refractivity contribution in [2.24, 2.45) is 12.9 Å². The van der Waals surface area contributed by atoms with E-state index in [0.29, 0.717) is 0 Å². The largest absolute Gasteiger partial charge is 0.272 e. The molecule has 0 fully saturated rings. The van der Waals surface area contributed by atoms with Crippen LogP contribution in [0, 0.1) is 0 Å². The molecule has 0 aliphatic rings. The molecular formula is C12H16Br2N4S. The van der Waals surface area contributed by atoms with Crippen LogP contribution in [-0.4, -0.2) is 9.78 Å². The summed E-state index contributed by atoms with van der Waals surface area (Å²) in [5, 5.41) is 4.47. The minimum atomic E-state index is 0.0667. The summed E-state index contributed by atoms with van der Waals surface area (Å²) in [7, 11) is 1.97. The number of hydrogen-bond donors (Lipinski definition) is 2. The predicted molar refractivity (Wildman–Crippen MR) is 86.1 cm³/mol. The first-order valence-electron chi connectivity index (χ1n) is 5.97. The monoisotopic (exact) mass is 406 g/mol. The Morgan fingerprint density at radius 3 is 2.68 bits per heavy atom. The highest BCUT2D eigenvalue weighted by Gasteiger charge is 2.18. The van der Waals surface area contributed by atoms with Crippen molar-refractivity contribution >= 4 is 43.2 Å². The highest BCUT2D eigenvalue weighted by atomic mass is 79.9. The molecule has 3 N–H and O–H groups in total. The number of aromatic nitrogens is 2. The first-order chi connectivity index (χ1) is 9.05. The van der Waals surface area contributed by atoms with E-state index in [1.807, 2.05) is 11.7 Å². The Balaban J connectivity index is 2.23. The second kappa shape index (κ2) is 6.49. The minimum Gasteiger partial charge on any atom is -0.272 e. The van der Waals surface area contributed by atoms with Gasteiger partial charge in [-0.15, -0.1) is 11.3 Å². The normalized spacial score (nSPS) is 12.9. The van der Waals surface area contributed by atoms with Crippen LogP contribution in [-0.2, 0) is 19.9 Å². The van der Waals surface area contributed by atoms with Crippen LogP contribution in [0.2, 0.25) is 0 Å². The van der Waals surface area contributed by atoms with Gasteiger partial charge in [-0.2, -0.15) is 5.10 Å². The smallest absolute Gasteiger partial charge is 0.0758 e. The van der Waals surface area contributed by atoms with E-state index < -0.39 is 0 Å². The average molecular weight is 408 g/mol. The predicted octanol–water partition coefficient (Wildman–Crippen LogP) is 3.32. The standard InChI is InChI=1S/C12H16Br2N4S/c1-3-7-4-8(18(2)17-7)5-10(16-15)9-6-11(13)19-12(9)14/h4,6,10,16H,3,5,15H2,1-2H3. The molecule has 2 rings (SSSR count). The Kier molecular flexibility index (Phi) is 5.19. The molecule has 2 aromatic rings. The Morgan fingerprint density at radius 2 is 2.21 bits per heavy atom. The van der Waals surface area contributed by atoms with E-state index in [-0.39, 0.29) is 6.04 Å². The first-order valence-corrected chi connectivity index (χ1v) is 8.38. The maximum atomic E-state index is 5.71. The molecule has 1 atom stereocenters. The van der Waals surface area contributed by atoms with Crippen molar-refractivity contribution in [1.82, 2.24) is 15.2 Å². The number of nitrogens with zero attached hydrogens (tertiary/aromatic N) is 2. The van der Waals surface area contributed by atoms with Crippen LogP contribution in [0.25, 0.3) is 0 Å². The molecule has 0 bridgehead atoms. The number of nitrogens with two attached hydrogens (primary N) is 1. The van der Waals surface area contributed by atoms with Crippen molar-refractivity contribution in [1.29, 1.82) is 0 Å². The van der Waals surface area contributed by atoms with Crippen LogP contribution >= 0.6 is 43.2 Å². The molecule has 2 heterocycles. The second-order valence-corrected chi connectivity index (χ2v) is 8.06. The molecule has 0 aromatic carbocycles. The summed E-state index contributed by atoms with van der Waals surface area (Å²) < 4.78 is 4.12.